The maximum atomic E-state index is 14.4. The molecule has 0 radical (unpaired) electrons. The van der Waals surface area contributed by atoms with E-state index in [1.807, 2.05) is 0 Å². The van der Waals surface area contributed by atoms with Crippen LogP contribution in [-0.2, 0) is 0 Å². The second-order valence-electron chi connectivity index (χ2n) is 6.08. The third-order valence-electron chi connectivity index (χ3n) is 4.31. The summed E-state index contributed by atoms with van der Waals surface area (Å²) in [5, 5.41) is 0. The molecule has 0 amide bonds. The van der Waals surface area contributed by atoms with Gasteiger partial charge in [-0.25, -0.2) is 52.7 Å². The number of rotatable bonds is 3. The molecule has 3 rings (SSSR count). The van der Waals surface area contributed by atoms with Gasteiger partial charge in [-0.3, -0.25) is 0 Å². The second kappa shape index (κ2) is 8.12. The highest BCUT2D eigenvalue weighted by Gasteiger charge is 2.43. The van der Waals surface area contributed by atoms with E-state index in [1.54, 1.807) is 0 Å². The van der Waals surface area contributed by atoms with E-state index in [-0.39, 0.29) is 18.2 Å². The summed E-state index contributed by atoms with van der Waals surface area (Å²) in [6.07, 6.45) is 0. The lowest BCUT2D eigenvalue weighted by molar-refractivity contribution is 0.436. The Labute approximate surface area is 168 Å². The second-order valence-corrected chi connectivity index (χ2v) is 8.68. The van der Waals surface area contributed by atoms with Crippen LogP contribution in [0.3, 0.4) is 0 Å². The minimum Gasteiger partial charge on any atom is -0.208 e. The van der Waals surface area contributed by atoms with Gasteiger partial charge in [0, 0.05) is 18.2 Å². The van der Waals surface area contributed by atoms with Crippen molar-refractivity contribution in [2.24, 2.45) is 0 Å². The minimum absolute atomic E-state index is 0.348. The first-order valence-electron chi connectivity index (χ1n) is 7.87. The molecule has 0 unspecified atom stereocenters. The standard InChI is InChI=1S/3C6HF4.Al/c3*7-3-1-4(8)6(10)5(9)2-3;/h3*1H;. The Morgan fingerprint density at radius 2 is 0.548 bits per heavy atom. The third kappa shape index (κ3) is 3.66. The molecule has 0 saturated heterocycles. The zero-order valence-electron chi connectivity index (χ0n) is 14.3. The molecular weight excluding hydrogens is 471 g/mol. The predicted octanol–water partition coefficient (Wildman–Crippen LogP) is 3.87. The Kier molecular flexibility index (Phi) is 6.03. The van der Waals surface area contributed by atoms with Crippen molar-refractivity contribution in [3.8, 4) is 0 Å². The van der Waals surface area contributed by atoms with Gasteiger partial charge in [0.05, 0.1) is 0 Å². The maximum Gasteiger partial charge on any atom is 0.412 e. The summed E-state index contributed by atoms with van der Waals surface area (Å²) in [6.45, 7) is 0. The van der Waals surface area contributed by atoms with Gasteiger partial charge in [-0.1, -0.05) is 0 Å². The molecule has 0 N–H and O–H groups in total. The van der Waals surface area contributed by atoms with Gasteiger partial charge in [-0.2, -0.15) is 0 Å². The summed E-state index contributed by atoms with van der Waals surface area (Å²) in [7, 11) is 0. The molecule has 13 heteroatoms. The van der Waals surface area contributed by atoms with E-state index in [0.29, 0.717) is 0 Å². The van der Waals surface area contributed by atoms with Crippen molar-refractivity contribution in [3.05, 3.63) is 88.0 Å². The van der Waals surface area contributed by atoms with Crippen LogP contribution in [0.5, 0.6) is 0 Å². The van der Waals surface area contributed by atoms with Crippen molar-refractivity contribution < 1.29 is 52.7 Å². The Morgan fingerprint density at radius 3 is 0.774 bits per heavy atom. The Morgan fingerprint density at radius 1 is 0.323 bits per heavy atom. The average Bonchev–Trinajstić information content (AvgIpc) is 2.68. The molecule has 0 heterocycles. The zero-order chi connectivity index (χ0) is 23.4. The van der Waals surface area contributed by atoms with Crippen molar-refractivity contribution >= 4 is 27.4 Å². The van der Waals surface area contributed by atoms with Crippen LogP contribution in [-0.4, -0.2) is 14.1 Å². The topological polar surface area (TPSA) is 0 Å². The van der Waals surface area contributed by atoms with Crippen LogP contribution in [0.15, 0.2) is 18.2 Å². The molecule has 0 aliphatic rings. The summed E-state index contributed by atoms with van der Waals surface area (Å²) < 4.78 is 162. The summed E-state index contributed by atoms with van der Waals surface area (Å²) >= 11 is -5.16. The first kappa shape index (κ1) is 23.0. The molecule has 31 heavy (non-hydrogen) atoms. The maximum absolute atomic E-state index is 14.4. The molecule has 0 bridgehead atoms. The molecular formula is C18H3AlF12. The van der Waals surface area contributed by atoms with E-state index in [9.17, 15) is 52.7 Å². The van der Waals surface area contributed by atoms with E-state index >= 15 is 0 Å². The fourth-order valence-electron chi connectivity index (χ4n) is 2.97. The highest BCUT2D eigenvalue weighted by molar-refractivity contribution is 6.95. The molecule has 3 aromatic carbocycles. The SMILES string of the molecule is Fc1cc(F)[c]([Al]([c]2c(F)cc(F)c(F)c2F)[c]2c(F)cc(F)c(F)c2F)c(F)c1F. The van der Waals surface area contributed by atoms with Gasteiger partial charge in [0.15, 0.2) is 52.4 Å². The summed E-state index contributed by atoms with van der Waals surface area (Å²) in [4.78, 5) is 0. The van der Waals surface area contributed by atoms with E-state index in [4.69, 9.17) is 0 Å². The van der Waals surface area contributed by atoms with Crippen molar-refractivity contribution in [1.29, 1.82) is 0 Å². The fourth-order valence-corrected chi connectivity index (χ4v) is 6.05. The molecule has 162 valence electrons. The van der Waals surface area contributed by atoms with Crippen molar-refractivity contribution in [2.45, 2.75) is 0 Å². The van der Waals surface area contributed by atoms with Crippen LogP contribution in [0.1, 0.15) is 0 Å². The summed E-state index contributed by atoms with van der Waals surface area (Å²) in [5.74, 6) is -27.7. The van der Waals surface area contributed by atoms with Crippen LogP contribution in [0.25, 0.3) is 0 Å². The Bertz CT molecular complexity index is 1070. The van der Waals surface area contributed by atoms with E-state index in [0.717, 1.165) is 0 Å². The number of halogens is 12. The number of benzene rings is 3. The van der Waals surface area contributed by atoms with Crippen LogP contribution in [0.4, 0.5) is 52.7 Å². The molecule has 0 aliphatic heterocycles. The average molecular weight is 474 g/mol. The van der Waals surface area contributed by atoms with E-state index < -0.39 is 97.2 Å². The highest BCUT2D eigenvalue weighted by Crippen LogP contribution is 2.19. The summed E-state index contributed by atoms with van der Waals surface area (Å²) in [6, 6.07) is -1.04. The van der Waals surface area contributed by atoms with Crippen molar-refractivity contribution in [2.75, 3.05) is 0 Å². The third-order valence-corrected chi connectivity index (χ3v) is 7.63. The molecule has 0 spiro atoms. The quantitative estimate of drug-likeness (QED) is 0.234. The lowest BCUT2D eigenvalue weighted by atomic mass is 10.3. The molecule has 0 atom stereocenters. The lowest BCUT2D eigenvalue weighted by Crippen LogP contribution is -2.59. The zero-order valence-corrected chi connectivity index (χ0v) is 15.5. The van der Waals surface area contributed by atoms with Crippen LogP contribution in [0, 0.1) is 69.8 Å². The normalized spacial score (nSPS) is 11.2. The highest BCUT2D eigenvalue weighted by atomic mass is 27.2. The van der Waals surface area contributed by atoms with Gasteiger partial charge in [0.1, 0.15) is 17.5 Å². The lowest BCUT2D eigenvalue weighted by Gasteiger charge is -2.19. The first-order chi connectivity index (χ1) is 14.4. The molecule has 0 nitrogen and oxygen atoms in total. The Hall–Kier alpha value is -2.65. The van der Waals surface area contributed by atoms with Gasteiger partial charge in [-0.15, -0.1) is 0 Å². The van der Waals surface area contributed by atoms with Crippen molar-refractivity contribution in [3.63, 3.8) is 0 Å². The van der Waals surface area contributed by atoms with E-state index in [2.05, 4.69) is 0 Å². The smallest absolute Gasteiger partial charge is 0.208 e. The van der Waals surface area contributed by atoms with Gasteiger partial charge in [0.2, 0.25) is 0 Å². The van der Waals surface area contributed by atoms with Gasteiger partial charge >= 0.3 is 14.1 Å². The summed E-state index contributed by atoms with van der Waals surface area (Å²) in [5.41, 5.74) is 0. The van der Waals surface area contributed by atoms with Crippen LogP contribution in [0.2, 0.25) is 0 Å². The first-order valence-corrected chi connectivity index (χ1v) is 9.60. The molecule has 0 saturated carbocycles. The predicted molar refractivity (Wildman–Crippen MR) is 83.5 cm³/mol. The molecule has 0 aromatic heterocycles. The number of hydrogen-bond donors (Lipinski definition) is 0. The van der Waals surface area contributed by atoms with Gasteiger partial charge in [-0.05, 0) is 13.3 Å². The molecule has 0 fully saturated rings. The molecule has 0 aliphatic carbocycles. The van der Waals surface area contributed by atoms with Crippen LogP contribution < -0.4 is 13.3 Å². The molecule has 3 aromatic rings. The van der Waals surface area contributed by atoms with Crippen molar-refractivity contribution in [1.82, 2.24) is 0 Å². The Balaban J connectivity index is 2.56. The van der Waals surface area contributed by atoms with Crippen LogP contribution >= 0.6 is 0 Å². The minimum atomic E-state index is -5.16. The van der Waals surface area contributed by atoms with E-state index in [1.165, 1.54) is 0 Å². The fraction of sp³-hybridized carbons (Fsp3) is 0. The number of hydrogen-bond acceptors (Lipinski definition) is 0. The monoisotopic (exact) mass is 474 g/mol. The van der Waals surface area contributed by atoms with Gasteiger partial charge in [0.25, 0.3) is 0 Å². The largest absolute Gasteiger partial charge is 0.412 e. The van der Waals surface area contributed by atoms with Gasteiger partial charge < -0.3 is 0 Å².